The van der Waals surface area contributed by atoms with Crippen LogP contribution in [0.3, 0.4) is 0 Å². The van der Waals surface area contributed by atoms with Gasteiger partial charge in [0.1, 0.15) is 5.69 Å². The van der Waals surface area contributed by atoms with Crippen molar-refractivity contribution in [1.82, 2.24) is 4.98 Å². The quantitative estimate of drug-likeness (QED) is 0.842. The summed E-state index contributed by atoms with van der Waals surface area (Å²) >= 11 is 0. The molecule has 0 fully saturated rings. The fourth-order valence-corrected chi connectivity index (χ4v) is 1.50. The lowest BCUT2D eigenvalue weighted by Crippen LogP contribution is -2.05. The lowest BCUT2D eigenvalue weighted by molar-refractivity contribution is 0.103. The van der Waals surface area contributed by atoms with E-state index in [1.807, 2.05) is 0 Å². The molecule has 4 nitrogen and oxygen atoms in total. The van der Waals surface area contributed by atoms with Crippen molar-refractivity contribution in [2.24, 2.45) is 0 Å². The Labute approximate surface area is 103 Å². The van der Waals surface area contributed by atoms with E-state index in [1.165, 1.54) is 31.5 Å². The first-order chi connectivity index (χ1) is 8.61. The Hall–Kier alpha value is -2.43. The number of rotatable bonds is 3. The summed E-state index contributed by atoms with van der Waals surface area (Å²) in [6.45, 7) is 0. The van der Waals surface area contributed by atoms with Crippen molar-refractivity contribution >= 4 is 11.5 Å². The van der Waals surface area contributed by atoms with Gasteiger partial charge in [0.25, 0.3) is 0 Å². The Balaban J connectivity index is 2.34. The largest absolute Gasteiger partial charge is 0.494 e. The molecule has 0 aliphatic rings. The lowest BCUT2D eigenvalue weighted by Gasteiger charge is -2.04. The Morgan fingerprint density at radius 2 is 2.11 bits per heavy atom. The Kier molecular flexibility index (Phi) is 3.23. The van der Waals surface area contributed by atoms with Crippen LogP contribution in [0.5, 0.6) is 5.75 Å². The molecule has 0 bridgehead atoms. The predicted molar refractivity (Wildman–Crippen MR) is 65.0 cm³/mol. The molecule has 0 saturated carbocycles. The van der Waals surface area contributed by atoms with Gasteiger partial charge in [0.2, 0.25) is 5.78 Å². The smallest absolute Gasteiger partial charge is 0.211 e. The van der Waals surface area contributed by atoms with Crippen LogP contribution >= 0.6 is 0 Å². The fraction of sp³-hybridized carbons (Fsp3) is 0.0769. The highest BCUT2D eigenvalue weighted by Gasteiger charge is 2.13. The van der Waals surface area contributed by atoms with Crippen LogP contribution < -0.4 is 10.5 Å². The fourth-order valence-electron chi connectivity index (χ4n) is 1.50. The zero-order valence-electron chi connectivity index (χ0n) is 9.68. The average molecular weight is 246 g/mol. The number of nitrogens with two attached hydrogens (primary N) is 1. The molecule has 0 radical (unpaired) electrons. The second-order valence-electron chi connectivity index (χ2n) is 3.66. The third kappa shape index (κ3) is 2.29. The number of carbonyl (C=O) groups is 1. The summed E-state index contributed by atoms with van der Waals surface area (Å²) in [4.78, 5) is 15.9. The van der Waals surface area contributed by atoms with Crippen LogP contribution in [0, 0.1) is 5.82 Å². The molecule has 0 atom stereocenters. The minimum atomic E-state index is -0.584. The van der Waals surface area contributed by atoms with Crippen molar-refractivity contribution in [3.63, 3.8) is 0 Å². The number of hydrogen-bond acceptors (Lipinski definition) is 4. The van der Waals surface area contributed by atoms with Gasteiger partial charge in [-0.3, -0.25) is 9.78 Å². The SMILES string of the molecule is COc1ccc(C(=O)c2ccc(N)cn2)cc1F. The van der Waals surface area contributed by atoms with Gasteiger partial charge in [-0.2, -0.15) is 0 Å². The summed E-state index contributed by atoms with van der Waals surface area (Å²) in [5, 5.41) is 0. The molecule has 2 aromatic rings. The van der Waals surface area contributed by atoms with Crippen molar-refractivity contribution in [1.29, 1.82) is 0 Å². The zero-order valence-corrected chi connectivity index (χ0v) is 9.68. The van der Waals surface area contributed by atoms with E-state index < -0.39 is 5.82 Å². The van der Waals surface area contributed by atoms with Gasteiger partial charge in [-0.15, -0.1) is 0 Å². The maximum atomic E-state index is 13.5. The van der Waals surface area contributed by atoms with Crippen molar-refractivity contribution < 1.29 is 13.9 Å². The Morgan fingerprint density at radius 1 is 1.33 bits per heavy atom. The van der Waals surface area contributed by atoms with Crippen molar-refractivity contribution in [2.45, 2.75) is 0 Å². The van der Waals surface area contributed by atoms with Crippen LogP contribution in [-0.4, -0.2) is 17.9 Å². The first-order valence-corrected chi connectivity index (χ1v) is 5.21. The number of nitrogens with zero attached hydrogens (tertiary/aromatic N) is 1. The molecule has 0 amide bonds. The highest BCUT2D eigenvalue weighted by atomic mass is 19.1. The molecule has 0 spiro atoms. The number of pyridine rings is 1. The van der Waals surface area contributed by atoms with E-state index >= 15 is 0 Å². The molecule has 2 N–H and O–H groups in total. The number of methoxy groups -OCH3 is 1. The molecule has 2 rings (SSSR count). The third-order valence-electron chi connectivity index (χ3n) is 2.43. The number of aromatic nitrogens is 1. The van der Waals surface area contributed by atoms with E-state index in [-0.39, 0.29) is 22.8 Å². The number of benzene rings is 1. The molecule has 0 aliphatic carbocycles. The molecule has 5 heteroatoms. The predicted octanol–water partition coefficient (Wildman–Crippen LogP) is 2.04. The number of anilines is 1. The van der Waals surface area contributed by atoms with Gasteiger partial charge in [-0.25, -0.2) is 4.39 Å². The molecule has 92 valence electrons. The molecule has 1 aromatic heterocycles. The summed E-state index contributed by atoms with van der Waals surface area (Å²) < 4.78 is 18.3. The van der Waals surface area contributed by atoms with Crippen LogP contribution in [-0.2, 0) is 0 Å². The van der Waals surface area contributed by atoms with Crippen molar-refractivity contribution in [3.05, 3.63) is 53.6 Å². The lowest BCUT2D eigenvalue weighted by atomic mass is 10.1. The van der Waals surface area contributed by atoms with Gasteiger partial charge in [0, 0.05) is 5.56 Å². The zero-order chi connectivity index (χ0) is 13.1. The van der Waals surface area contributed by atoms with E-state index in [1.54, 1.807) is 6.07 Å². The molecule has 1 aromatic carbocycles. The van der Waals surface area contributed by atoms with Gasteiger partial charge in [-0.05, 0) is 30.3 Å². The average Bonchev–Trinajstić information content (AvgIpc) is 2.38. The number of ketones is 1. The molecule has 0 saturated heterocycles. The first-order valence-electron chi connectivity index (χ1n) is 5.21. The summed E-state index contributed by atoms with van der Waals surface area (Å²) in [6.07, 6.45) is 1.38. The number of carbonyl (C=O) groups excluding carboxylic acids is 1. The van der Waals surface area contributed by atoms with Gasteiger partial charge >= 0.3 is 0 Å². The molecule has 18 heavy (non-hydrogen) atoms. The van der Waals surface area contributed by atoms with Gasteiger partial charge < -0.3 is 10.5 Å². The molecule has 0 unspecified atom stereocenters. The molecule has 0 aliphatic heterocycles. The molecular weight excluding hydrogens is 235 g/mol. The standard InChI is InChI=1S/C13H11FN2O2/c1-18-12-5-2-8(6-10(12)14)13(17)11-4-3-9(15)7-16-11/h2-7H,15H2,1H3. The van der Waals surface area contributed by atoms with Gasteiger partial charge in [-0.1, -0.05) is 0 Å². The normalized spacial score (nSPS) is 10.1. The van der Waals surface area contributed by atoms with Crippen molar-refractivity contribution in [3.8, 4) is 5.75 Å². The van der Waals surface area contributed by atoms with Crippen LogP contribution in [0.2, 0.25) is 0 Å². The number of hydrogen-bond donors (Lipinski definition) is 1. The molecule has 1 heterocycles. The number of halogens is 1. The minimum Gasteiger partial charge on any atom is -0.494 e. The van der Waals surface area contributed by atoms with Gasteiger partial charge in [0.05, 0.1) is 19.0 Å². The summed E-state index contributed by atoms with van der Waals surface area (Å²) in [7, 11) is 1.36. The second-order valence-corrected chi connectivity index (χ2v) is 3.66. The Morgan fingerprint density at radius 3 is 2.67 bits per heavy atom. The van der Waals surface area contributed by atoms with Gasteiger partial charge in [0.15, 0.2) is 11.6 Å². The van der Waals surface area contributed by atoms with Crippen LogP contribution in [0.15, 0.2) is 36.5 Å². The van der Waals surface area contributed by atoms with E-state index in [0.29, 0.717) is 5.69 Å². The second kappa shape index (κ2) is 4.83. The van der Waals surface area contributed by atoms with E-state index in [9.17, 15) is 9.18 Å². The maximum Gasteiger partial charge on any atom is 0.211 e. The van der Waals surface area contributed by atoms with E-state index in [4.69, 9.17) is 10.5 Å². The van der Waals surface area contributed by atoms with Crippen LogP contribution in [0.4, 0.5) is 10.1 Å². The minimum absolute atomic E-state index is 0.0943. The van der Waals surface area contributed by atoms with E-state index in [2.05, 4.69) is 4.98 Å². The van der Waals surface area contributed by atoms with Crippen LogP contribution in [0.25, 0.3) is 0 Å². The number of ether oxygens (including phenoxy) is 1. The van der Waals surface area contributed by atoms with E-state index in [0.717, 1.165) is 6.07 Å². The molecular formula is C13H11FN2O2. The highest BCUT2D eigenvalue weighted by molar-refractivity contribution is 6.07. The van der Waals surface area contributed by atoms with Crippen LogP contribution in [0.1, 0.15) is 16.1 Å². The first kappa shape index (κ1) is 12.0. The Bertz CT molecular complexity index is 582. The van der Waals surface area contributed by atoms with Crippen molar-refractivity contribution in [2.75, 3.05) is 12.8 Å². The third-order valence-corrected chi connectivity index (χ3v) is 2.43. The maximum absolute atomic E-state index is 13.5. The summed E-state index contributed by atoms with van der Waals surface area (Å²) in [5.74, 6) is -0.854. The highest BCUT2D eigenvalue weighted by Crippen LogP contribution is 2.19. The summed E-state index contributed by atoms with van der Waals surface area (Å²) in [6, 6.07) is 7.08. The topological polar surface area (TPSA) is 65.2 Å². The summed E-state index contributed by atoms with van der Waals surface area (Å²) in [5.41, 5.74) is 6.37. The number of nitrogen functional groups attached to an aromatic ring is 1. The monoisotopic (exact) mass is 246 g/mol.